The minimum Gasteiger partial charge on any atom is -0.298 e. The van der Waals surface area contributed by atoms with Crippen LogP contribution in [0.4, 0.5) is 5.95 Å². The van der Waals surface area contributed by atoms with Gasteiger partial charge in [-0.15, -0.1) is 0 Å². The lowest BCUT2D eigenvalue weighted by atomic mass is 9.89. The van der Waals surface area contributed by atoms with Gasteiger partial charge >= 0.3 is 5.69 Å². The molecule has 1 aliphatic heterocycles. The Kier molecular flexibility index (Phi) is 4.60. The van der Waals surface area contributed by atoms with Gasteiger partial charge in [-0.05, 0) is 13.8 Å². The van der Waals surface area contributed by atoms with Gasteiger partial charge in [0.05, 0.1) is 18.8 Å². The number of aromatic nitrogens is 4. The number of hydrogen-bond donors (Lipinski definition) is 0. The van der Waals surface area contributed by atoms with E-state index in [0.717, 1.165) is 10.3 Å². The van der Waals surface area contributed by atoms with Gasteiger partial charge in [0.25, 0.3) is 5.56 Å². The van der Waals surface area contributed by atoms with Gasteiger partial charge in [0.1, 0.15) is 12.3 Å². The number of ketones is 2. The Morgan fingerprint density at radius 3 is 2.21 bits per heavy atom. The standard InChI is InChI=1S/C18H24N6O4/c1-10(25)7-23-15(27)13-14(21(6)17(23)28)19-16-22(13)9-12(18(3,4)5)20-24(16)8-11(2)26/h7-9H2,1-6H3. The second kappa shape index (κ2) is 6.54. The maximum Gasteiger partial charge on any atom is 0.332 e. The summed E-state index contributed by atoms with van der Waals surface area (Å²) in [5.74, 6) is -0.0849. The van der Waals surface area contributed by atoms with Crippen molar-refractivity contribution in [1.29, 1.82) is 0 Å². The highest BCUT2D eigenvalue weighted by molar-refractivity contribution is 5.94. The van der Waals surface area contributed by atoms with Crippen LogP contribution in [0.25, 0.3) is 11.2 Å². The number of rotatable bonds is 4. The second-order valence-electron chi connectivity index (χ2n) is 8.16. The summed E-state index contributed by atoms with van der Waals surface area (Å²) in [6.45, 7) is 8.74. The van der Waals surface area contributed by atoms with Crippen molar-refractivity contribution in [2.24, 2.45) is 17.6 Å². The van der Waals surface area contributed by atoms with Crippen LogP contribution in [0.3, 0.4) is 0 Å². The number of carbonyl (C=O) groups is 2. The molecule has 10 nitrogen and oxygen atoms in total. The minimum atomic E-state index is -0.613. The number of aryl methyl sites for hydroxylation is 1. The first kappa shape index (κ1) is 19.7. The van der Waals surface area contributed by atoms with Crippen LogP contribution in [-0.4, -0.2) is 42.5 Å². The summed E-state index contributed by atoms with van der Waals surface area (Å²) in [5, 5.41) is 6.04. The summed E-state index contributed by atoms with van der Waals surface area (Å²) >= 11 is 0. The molecule has 1 aliphatic rings. The number of fused-ring (bicyclic) bond motifs is 3. The van der Waals surface area contributed by atoms with Gasteiger partial charge < -0.3 is 0 Å². The molecule has 150 valence electrons. The number of anilines is 1. The first-order valence-corrected chi connectivity index (χ1v) is 8.96. The first-order chi connectivity index (χ1) is 12.9. The van der Waals surface area contributed by atoms with Gasteiger partial charge in [0, 0.05) is 12.5 Å². The molecule has 2 aromatic rings. The topological polar surface area (TPSA) is 112 Å². The van der Waals surface area contributed by atoms with E-state index < -0.39 is 11.2 Å². The van der Waals surface area contributed by atoms with Crippen LogP contribution in [0.1, 0.15) is 34.6 Å². The molecule has 28 heavy (non-hydrogen) atoms. The van der Waals surface area contributed by atoms with E-state index in [1.165, 1.54) is 30.5 Å². The zero-order valence-corrected chi connectivity index (χ0v) is 16.9. The van der Waals surface area contributed by atoms with Crippen molar-refractivity contribution >= 4 is 34.4 Å². The summed E-state index contributed by atoms with van der Waals surface area (Å²) in [6, 6.07) is 0. The fourth-order valence-electron chi connectivity index (χ4n) is 3.14. The zero-order chi connectivity index (χ0) is 21.0. The molecule has 0 aliphatic carbocycles. The van der Waals surface area contributed by atoms with Crippen LogP contribution >= 0.6 is 0 Å². The average Bonchev–Trinajstić information content (AvgIpc) is 2.95. The molecule has 0 amide bonds. The number of Topliss-reactive ketones (excluding diaryl/α,β-unsaturated/α-hetero) is 2. The van der Waals surface area contributed by atoms with Crippen molar-refractivity contribution in [2.75, 3.05) is 11.6 Å². The SMILES string of the molecule is CC(=O)CN1N=C(C(C)(C)C)Cn2c1nc1c2c(=O)n(CC(C)=O)c(=O)n1C. The van der Waals surface area contributed by atoms with E-state index in [-0.39, 0.29) is 41.2 Å². The molecule has 0 N–H and O–H groups in total. The Morgan fingerprint density at radius 2 is 1.68 bits per heavy atom. The first-order valence-electron chi connectivity index (χ1n) is 8.96. The number of carbonyl (C=O) groups excluding carboxylic acids is 2. The van der Waals surface area contributed by atoms with E-state index in [1.807, 2.05) is 20.8 Å². The molecule has 3 heterocycles. The molecule has 0 bridgehead atoms. The summed E-state index contributed by atoms with van der Waals surface area (Å²) < 4.78 is 3.83. The largest absolute Gasteiger partial charge is 0.332 e. The molecule has 0 saturated carbocycles. The Morgan fingerprint density at radius 1 is 1.07 bits per heavy atom. The van der Waals surface area contributed by atoms with Crippen LogP contribution < -0.4 is 16.3 Å². The monoisotopic (exact) mass is 388 g/mol. The van der Waals surface area contributed by atoms with Crippen molar-refractivity contribution < 1.29 is 9.59 Å². The number of nitrogens with zero attached hydrogens (tertiary/aromatic N) is 6. The van der Waals surface area contributed by atoms with Crippen LogP contribution in [0.5, 0.6) is 0 Å². The molecule has 3 rings (SSSR count). The van der Waals surface area contributed by atoms with Gasteiger partial charge in [-0.3, -0.25) is 28.1 Å². The van der Waals surface area contributed by atoms with Crippen LogP contribution in [0.15, 0.2) is 14.7 Å². The van der Waals surface area contributed by atoms with Crippen molar-refractivity contribution in [1.82, 2.24) is 18.7 Å². The van der Waals surface area contributed by atoms with Crippen molar-refractivity contribution in [3.63, 3.8) is 0 Å². The molecule has 0 fully saturated rings. The third-order valence-corrected chi connectivity index (χ3v) is 4.61. The molecule has 0 radical (unpaired) electrons. The molecule has 0 saturated heterocycles. The molecule has 0 aromatic carbocycles. The highest BCUT2D eigenvalue weighted by Gasteiger charge is 2.32. The lowest BCUT2D eigenvalue weighted by molar-refractivity contribution is -0.118. The highest BCUT2D eigenvalue weighted by Crippen LogP contribution is 2.28. The Bertz CT molecular complexity index is 1140. The minimum absolute atomic E-state index is 0.00150. The summed E-state index contributed by atoms with van der Waals surface area (Å²) in [5.41, 5.74) is -0.315. The molecular formula is C18H24N6O4. The summed E-state index contributed by atoms with van der Waals surface area (Å²) in [4.78, 5) is 53.4. The van der Waals surface area contributed by atoms with Gasteiger partial charge in [-0.2, -0.15) is 10.1 Å². The predicted octanol–water partition coefficient (Wildman–Crippen LogP) is 0.297. The van der Waals surface area contributed by atoms with E-state index in [2.05, 4.69) is 10.1 Å². The molecule has 0 unspecified atom stereocenters. The lowest BCUT2D eigenvalue weighted by Crippen LogP contribution is -2.42. The van der Waals surface area contributed by atoms with E-state index in [0.29, 0.717) is 12.5 Å². The maximum atomic E-state index is 13.1. The maximum absolute atomic E-state index is 13.1. The van der Waals surface area contributed by atoms with Gasteiger partial charge in [0.15, 0.2) is 16.9 Å². The number of hydrogen-bond acceptors (Lipinski definition) is 7. The fraction of sp³-hybridized carbons (Fsp3) is 0.556. The third-order valence-electron chi connectivity index (χ3n) is 4.61. The normalized spacial score (nSPS) is 14.2. The zero-order valence-electron chi connectivity index (χ0n) is 16.9. The number of hydrazone groups is 1. The van der Waals surface area contributed by atoms with Crippen molar-refractivity contribution in [2.45, 2.75) is 47.7 Å². The molecule has 0 atom stereocenters. The predicted molar refractivity (Wildman–Crippen MR) is 105 cm³/mol. The van der Waals surface area contributed by atoms with Crippen LogP contribution in [0, 0.1) is 5.41 Å². The van der Waals surface area contributed by atoms with Crippen LogP contribution in [0.2, 0.25) is 0 Å². The second-order valence-corrected chi connectivity index (χ2v) is 8.16. The Hall–Kier alpha value is -3.04. The Balaban J connectivity index is 2.35. The smallest absolute Gasteiger partial charge is 0.298 e. The molecule has 10 heteroatoms. The fourth-order valence-corrected chi connectivity index (χ4v) is 3.14. The van der Waals surface area contributed by atoms with E-state index in [1.54, 1.807) is 4.57 Å². The Labute approximate surface area is 161 Å². The van der Waals surface area contributed by atoms with Crippen molar-refractivity contribution in [3.05, 3.63) is 20.8 Å². The van der Waals surface area contributed by atoms with E-state index >= 15 is 0 Å². The molecular weight excluding hydrogens is 364 g/mol. The van der Waals surface area contributed by atoms with Gasteiger partial charge in [0.2, 0.25) is 5.95 Å². The lowest BCUT2D eigenvalue weighted by Gasteiger charge is -2.30. The van der Waals surface area contributed by atoms with Crippen LogP contribution in [-0.2, 0) is 29.7 Å². The van der Waals surface area contributed by atoms with Gasteiger partial charge in [-0.25, -0.2) is 9.80 Å². The van der Waals surface area contributed by atoms with E-state index in [4.69, 9.17) is 0 Å². The summed E-state index contributed by atoms with van der Waals surface area (Å²) in [7, 11) is 1.50. The van der Waals surface area contributed by atoms with Gasteiger partial charge in [-0.1, -0.05) is 20.8 Å². The highest BCUT2D eigenvalue weighted by atomic mass is 16.2. The molecule has 0 spiro atoms. The van der Waals surface area contributed by atoms with Crippen molar-refractivity contribution in [3.8, 4) is 0 Å². The third kappa shape index (κ3) is 3.19. The quantitative estimate of drug-likeness (QED) is 0.745. The number of imidazole rings is 1. The summed E-state index contributed by atoms with van der Waals surface area (Å²) in [6.07, 6.45) is 0. The van der Waals surface area contributed by atoms with E-state index in [9.17, 15) is 19.2 Å². The average molecular weight is 388 g/mol. The molecule has 2 aromatic heterocycles.